The Kier molecular flexibility index (Phi) is 5.12. The number of nitrogens with one attached hydrogen (secondary N) is 1. The van der Waals surface area contributed by atoms with E-state index in [-0.39, 0.29) is 11.9 Å². The summed E-state index contributed by atoms with van der Waals surface area (Å²) in [5.74, 6) is 4.94. The number of carbonyl (C=O) groups excluding carboxylic acids is 1. The van der Waals surface area contributed by atoms with E-state index >= 15 is 0 Å². The average molecular weight is 235 g/mol. The van der Waals surface area contributed by atoms with Gasteiger partial charge in [0.15, 0.2) is 0 Å². The van der Waals surface area contributed by atoms with E-state index in [1.54, 1.807) is 0 Å². The fraction of sp³-hybridized carbons (Fsp3) is 0.462. The van der Waals surface area contributed by atoms with Crippen molar-refractivity contribution in [3.05, 3.63) is 35.4 Å². The third-order valence-corrected chi connectivity index (χ3v) is 2.91. The molecule has 0 radical (unpaired) electrons. The Morgan fingerprint density at radius 3 is 2.82 bits per heavy atom. The summed E-state index contributed by atoms with van der Waals surface area (Å²) in [7, 11) is 2.01. The molecule has 1 unspecified atom stereocenters. The first-order valence-electron chi connectivity index (χ1n) is 5.78. The summed E-state index contributed by atoms with van der Waals surface area (Å²) in [6.07, 6.45) is 0.415. The lowest BCUT2D eigenvalue weighted by Gasteiger charge is -2.24. The molecule has 1 atom stereocenters. The Morgan fingerprint density at radius 1 is 1.53 bits per heavy atom. The fourth-order valence-electron chi connectivity index (χ4n) is 1.74. The number of hydrogen-bond donors (Lipinski definition) is 2. The molecule has 1 aromatic rings. The summed E-state index contributed by atoms with van der Waals surface area (Å²) < 4.78 is 0. The fourth-order valence-corrected chi connectivity index (χ4v) is 1.74. The van der Waals surface area contributed by atoms with Crippen LogP contribution in [0.2, 0.25) is 0 Å². The first-order valence-corrected chi connectivity index (χ1v) is 5.78. The standard InChI is InChI=1S/C13H21N3O/c1-10-5-4-6-12(7-10)9-16(3)11(2)8-13(17)15-14/h4-7,11H,8-9,14H2,1-3H3,(H,15,17). The molecule has 0 spiro atoms. The van der Waals surface area contributed by atoms with Gasteiger partial charge in [-0.1, -0.05) is 29.8 Å². The minimum absolute atomic E-state index is 0.131. The minimum Gasteiger partial charge on any atom is -0.299 e. The maximum absolute atomic E-state index is 11.2. The number of amides is 1. The van der Waals surface area contributed by atoms with Crippen LogP contribution in [0.5, 0.6) is 0 Å². The third kappa shape index (κ3) is 4.54. The summed E-state index contributed by atoms with van der Waals surface area (Å²) in [6.45, 7) is 4.93. The highest BCUT2D eigenvalue weighted by molar-refractivity contribution is 5.75. The quantitative estimate of drug-likeness (QED) is 0.458. The Balaban J connectivity index is 2.53. The number of aryl methyl sites for hydroxylation is 1. The van der Waals surface area contributed by atoms with Crippen LogP contribution in [0.25, 0.3) is 0 Å². The molecule has 0 bridgehead atoms. The van der Waals surface area contributed by atoms with E-state index in [0.29, 0.717) is 6.42 Å². The molecule has 4 heteroatoms. The van der Waals surface area contributed by atoms with Crippen molar-refractivity contribution in [1.29, 1.82) is 0 Å². The summed E-state index contributed by atoms with van der Waals surface area (Å²) in [5, 5.41) is 0. The Labute approximate surface area is 103 Å². The van der Waals surface area contributed by atoms with Gasteiger partial charge in [-0.05, 0) is 26.5 Å². The zero-order valence-corrected chi connectivity index (χ0v) is 10.7. The van der Waals surface area contributed by atoms with Crippen LogP contribution in [0.1, 0.15) is 24.5 Å². The van der Waals surface area contributed by atoms with E-state index in [1.807, 2.05) is 14.0 Å². The van der Waals surface area contributed by atoms with Gasteiger partial charge in [-0.25, -0.2) is 5.84 Å². The molecule has 0 aromatic heterocycles. The van der Waals surface area contributed by atoms with E-state index in [4.69, 9.17) is 5.84 Å². The van der Waals surface area contributed by atoms with Crippen LogP contribution >= 0.6 is 0 Å². The predicted molar refractivity (Wildman–Crippen MR) is 69.1 cm³/mol. The average Bonchev–Trinajstić information content (AvgIpc) is 2.28. The molecule has 0 fully saturated rings. The number of benzene rings is 1. The summed E-state index contributed by atoms with van der Waals surface area (Å²) in [6, 6.07) is 8.55. The molecule has 1 amide bonds. The highest BCUT2D eigenvalue weighted by Gasteiger charge is 2.13. The highest BCUT2D eigenvalue weighted by atomic mass is 16.2. The van der Waals surface area contributed by atoms with Crippen molar-refractivity contribution in [3.8, 4) is 0 Å². The SMILES string of the molecule is Cc1cccc(CN(C)C(C)CC(=O)NN)c1. The molecular weight excluding hydrogens is 214 g/mol. The predicted octanol–water partition coefficient (Wildman–Crippen LogP) is 1.20. The van der Waals surface area contributed by atoms with Crippen molar-refractivity contribution >= 4 is 5.91 Å². The molecule has 3 N–H and O–H groups in total. The van der Waals surface area contributed by atoms with Crippen molar-refractivity contribution < 1.29 is 4.79 Å². The lowest BCUT2D eigenvalue weighted by molar-refractivity contribution is -0.122. The Bertz CT molecular complexity index is 379. The van der Waals surface area contributed by atoms with Crippen molar-refractivity contribution in [1.82, 2.24) is 10.3 Å². The number of carbonyl (C=O) groups is 1. The van der Waals surface area contributed by atoms with Gasteiger partial charge in [0, 0.05) is 19.0 Å². The van der Waals surface area contributed by atoms with Gasteiger partial charge in [-0.3, -0.25) is 15.1 Å². The van der Waals surface area contributed by atoms with Crippen LogP contribution in [0.3, 0.4) is 0 Å². The number of hydrogen-bond acceptors (Lipinski definition) is 3. The number of nitrogens with two attached hydrogens (primary N) is 1. The van der Waals surface area contributed by atoms with Crippen LogP contribution in [-0.2, 0) is 11.3 Å². The molecule has 0 aliphatic heterocycles. The monoisotopic (exact) mass is 235 g/mol. The molecule has 0 saturated heterocycles. The second kappa shape index (κ2) is 6.37. The molecular formula is C13H21N3O. The summed E-state index contributed by atoms with van der Waals surface area (Å²) >= 11 is 0. The molecule has 4 nitrogen and oxygen atoms in total. The van der Waals surface area contributed by atoms with Crippen LogP contribution in [0.4, 0.5) is 0 Å². The second-order valence-corrected chi connectivity index (χ2v) is 4.52. The number of rotatable bonds is 5. The van der Waals surface area contributed by atoms with Crippen LogP contribution in [-0.4, -0.2) is 23.9 Å². The Morgan fingerprint density at radius 2 is 2.24 bits per heavy atom. The van der Waals surface area contributed by atoms with Crippen molar-refractivity contribution in [3.63, 3.8) is 0 Å². The number of nitrogens with zero attached hydrogens (tertiary/aromatic N) is 1. The summed E-state index contributed by atoms with van der Waals surface area (Å²) in [5.41, 5.74) is 4.67. The van der Waals surface area contributed by atoms with Gasteiger partial charge in [0.05, 0.1) is 0 Å². The summed E-state index contributed by atoms with van der Waals surface area (Å²) in [4.78, 5) is 13.3. The van der Waals surface area contributed by atoms with Crippen LogP contribution < -0.4 is 11.3 Å². The van der Waals surface area contributed by atoms with Crippen molar-refractivity contribution in [2.24, 2.45) is 5.84 Å². The topological polar surface area (TPSA) is 58.4 Å². The van der Waals surface area contributed by atoms with Gasteiger partial charge in [-0.15, -0.1) is 0 Å². The van der Waals surface area contributed by atoms with E-state index in [2.05, 4.69) is 41.5 Å². The molecule has 0 heterocycles. The van der Waals surface area contributed by atoms with Crippen LogP contribution in [0, 0.1) is 6.92 Å². The minimum atomic E-state index is -0.131. The maximum Gasteiger partial charge on any atom is 0.235 e. The molecule has 0 saturated carbocycles. The molecule has 1 aromatic carbocycles. The van der Waals surface area contributed by atoms with Crippen molar-refractivity contribution in [2.45, 2.75) is 32.9 Å². The van der Waals surface area contributed by atoms with Gasteiger partial charge in [0.2, 0.25) is 5.91 Å². The molecule has 94 valence electrons. The molecule has 0 aliphatic carbocycles. The van der Waals surface area contributed by atoms with E-state index in [9.17, 15) is 4.79 Å². The molecule has 0 aliphatic rings. The van der Waals surface area contributed by atoms with Gasteiger partial charge in [0.25, 0.3) is 0 Å². The first kappa shape index (κ1) is 13.7. The largest absolute Gasteiger partial charge is 0.299 e. The zero-order chi connectivity index (χ0) is 12.8. The zero-order valence-electron chi connectivity index (χ0n) is 10.7. The first-order chi connectivity index (χ1) is 8.02. The molecule has 17 heavy (non-hydrogen) atoms. The van der Waals surface area contributed by atoms with Crippen molar-refractivity contribution in [2.75, 3.05) is 7.05 Å². The van der Waals surface area contributed by atoms with Gasteiger partial charge in [0.1, 0.15) is 0 Å². The van der Waals surface area contributed by atoms with E-state index in [0.717, 1.165) is 6.54 Å². The maximum atomic E-state index is 11.2. The van der Waals surface area contributed by atoms with Gasteiger partial charge >= 0.3 is 0 Å². The smallest absolute Gasteiger partial charge is 0.235 e. The lowest BCUT2D eigenvalue weighted by Crippen LogP contribution is -2.37. The third-order valence-electron chi connectivity index (χ3n) is 2.91. The molecule has 1 rings (SSSR count). The number of hydrazine groups is 1. The van der Waals surface area contributed by atoms with Gasteiger partial charge in [-0.2, -0.15) is 0 Å². The van der Waals surface area contributed by atoms with Gasteiger partial charge < -0.3 is 0 Å². The van der Waals surface area contributed by atoms with E-state index in [1.165, 1.54) is 11.1 Å². The lowest BCUT2D eigenvalue weighted by atomic mass is 10.1. The highest BCUT2D eigenvalue weighted by Crippen LogP contribution is 2.10. The second-order valence-electron chi connectivity index (χ2n) is 4.52. The Hall–Kier alpha value is -1.39. The van der Waals surface area contributed by atoms with Crippen LogP contribution in [0.15, 0.2) is 24.3 Å². The van der Waals surface area contributed by atoms with E-state index < -0.39 is 0 Å². The normalized spacial score (nSPS) is 12.5.